The Morgan fingerprint density at radius 3 is 3.08 bits per heavy atom. The number of esters is 1. The maximum atomic E-state index is 11.1. The van der Waals surface area contributed by atoms with Gasteiger partial charge in [0.1, 0.15) is 0 Å². The second-order valence-electron chi connectivity index (χ2n) is 3.56. The molecule has 0 amide bonds. The fourth-order valence-corrected chi connectivity index (χ4v) is 2.07. The lowest BCUT2D eigenvalue weighted by atomic mass is 9.92. The zero-order valence-corrected chi connectivity index (χ0v) is 7.29. The van der Waals surface area contributed by atoms with Crippen LogP contribution in [0.4, 0.5) is 0 Å². The van der Waals surface area contributed by atoms with E-state index in [1.54, 1.807) is 0 Å². The van der Waals surface area contributed by atoms with Gasteiger partial charge >= 0.3 is 5.97 Å². The lowest BCUT2D eigenvalue weighted by Gasteiger charge is -2.13. The molecule has 0 saturated carbocycles. The molecule has 3 heteroatoms. The van der Waals surface area contributed by atoms with Gasteiger partial charge in [0.2, 0.25) is 0 Å². The first-order valence-electron chi connectivity index (χ1n) is 4.61. The Morgan fingerprint density at radius 1 is 1.50 bits per heavy atom. The van der Waals surface area contributed by atoms with Crippen molar-refractivity contribution in [2.75, 3.05) is 13.2 Å². The first kappa shape index (κ1) is 8.05. The Labute approximate surface area is 72.0 Å². The highest BCUT2D eigenvalue weighted by Crippen LogP contribution is 2.35. The molecule has 0 radical (unpaired) electrons. The van der Waals surface area contributed by atoms with Crippen molar-refractivity contribution in [3.05, 3.63) is 0 Å². The van der Waals surface area contributed by atoms with Gasteiger partial charge in [-0.25, -0.2) is 0 Å². The van der Waals surface area contributed by atoms with Crippen LogP contribution in [0.3, 0.4) is 0 Å². The zero-order chi connectivity index (χ0) is 8.55. The van der Waals surface area contributed by atoms with E-state index in [0.717, 1.165) is 12.8 Å². The standard InChI is InChI=1S/C9H14O3/c1-2-3-8-6-4-12-9(10)7(6)5-11-8/h6-8H,2-5H2,1H3. The molecule has 2 fully saturated rings. The van der Waals surface area contributed by atoms with E-state index in [0.29, 0.717) is 19.1 Å². The number of ether oxygens (including phenoxy) is 2. The van der Waals surface area contributed by atoms with Crippen LogP contribution >= 0.6 is 0 Å². The van der Waals surface area contributed by atoms with Crippen molar-refractivity contribution in [1.29, 1.82) is 0 Å². The van der Waals surface area contributed by atoms with Crippen molar-refractivity contribution in [3.8, 4) is 0 Å². The van der Waals surface area contributed by atoms with Gasteiger partial charge in [0.25, 0.3) is 0 Å². The fraction of sp³-hybridized carbons (Fsp3) is 0.889. The number of cyclic esters (lactones) is 1. The first-order valence-corrected chi connectivity index (χ1v) is 4.61. The number of hydrogen-bond acceptors (Lipinski definition) is 3. The third-order valence-corrected chi connectivity index (χ3v) is 2.78. The molecule has 3 unspecified atom stereocenters. The Balaban J connectivity index is 2.00. The summed E-state index contributed by atoms with van der Waals surface area (Å²) in [4.78, 5) is 11.1. The summed E-state index contributed by atoms with van der Waals surface area (Å²) in [6.45, 7) is 3.29. The number of carbonyl (C=O) groups is 1. The van der Waals surface area contributed by atoms with Gasteiger partial charge < -0.3 is 9.47 Å². The van der Waals surface area contributed by atoms with E-state index < -0.39 is 0 Å². The SMILES string of the molecule is CCCC1OCC2C(=O)OCC12. The largest absolute Gasteiger partial charge is 0.465 e. The molecule has 0 bridgehead atoms. The van der Waals surface area contributed by atoms with Gasteiger partial charge in [-0.1, -0.05) is 13.3 Å². The predicted octanol–water partition coefficient (Wildman–Crippen LogP) is 0.975. The van der Waals surface area contributed by atoms with Gasteiger partial charge in [-0.3, -0.25) is 4.79 Å². The minimum atomic E-state index is -0.0568. The van der Waals surface area contributed by atoms with Gasteiger partial charge in [-0.2, -0.15) is 0 Å². The lowest BCUT2D eigenvalue weighted by molar-refractivity contribution is -0.142. The molecule has 12 heavy (non-hydrogen) atoms. The normalized spacial score (nSPS) is 39.8. The summed E-state index contributed by atoms with van der Waals surface area (Å²) < 4.78 is 10.5. The first-order chi connectivity index (χ1) is 5.83. The number of carbonyl (C=O) groups excluding carboxylic acids is 1. The molecule has 2 rings (SSSR count). The van der Waals surface area contributed by atoms with Crippen LogP contribution in [0.1, 0.15) is 19.8 Å². The predicted molar refractivity (Wildman–Crippen MR) is 42.6 cm³/mol. The molecule has 68 valence electrons. The highest BCUT2D eigenvalue weighted by molar-refractivity contribution is 5.75. The molecule has 3 nitrogen and oxygen atoms in total. The number of fused-ring (bicyclic) bond motifs is 1. The molecule has 0 aromatic heterocycles. The van der Waals surface area contributed by atoms with E-state index in [2.05, 4.69) is 6.92 Å². The number of hydrogen-bond donors (Lipinski definition) is 0. The van der Waals surface area contributed by atoms with Gasteiger partial charge in [0, 0.05) is 5.92 Å². The molecular weight excluding hydrogens is 156 g/mol. The minimum absolute atomic E-state index is 0.0431. The lowest BCUT2D eigenvalue weighted by Crippen LogP contribution is -2.19. The van der Waals surface area contributed by atoms with Crippen LogP contribution in [-0.2, 0) is 14.3 Å². The van der Waals surface area contributed by atoms with Crippen LogP contribution in [0.2, 0.25) is 0 Å². The smallest absolute Gasteiger partial charge is 0.311 e. The van der Waals surface area contributed by atoms with E-state index in [1.165, 1.54) is 0 Å². The molecule has 0 aromatic carbocycles. The second kappa shape index (κ2) is 3.05. The highest BCUT2D eigenvalue weighted by atomic mass is 16.6. The maximum Gasteiger partial charge on any atom is 0.311 e. The molecular formula is C9H14O3. The van der Waals surface area contributed by atoms with Gasteiger partial charge in [-0.15, -0.1) is 0 Å². The van der Waals surface area contributed by atoms with Crippen molar-refractivity contribution in [3.63, 3.8) is 0 Å². The third kappa shape index (κ3) is 1.12. The van der Waals surface area contributed by atoms with Gasteiger partial charge in [0.15, 0.2) is 0 Å². The number of rotatable bonds is 2. The van der Waals surface area contributed by atoms with Crippen LogP contribution in [0.25, 0.3) is 0 Å². The van der Waals surface area contributed by atoms with E-state index in [4.69, 9.17) is 9.47 Å². The summed E-state index contributed by atoms with van der Waals surface area (Å²) in [6, 6.07) is 0. The van der Waals surface area contributed by atoms with Crippen LogP contribution in [0, 0.1) is 11.8 Å². The van der Waals surface area contributed by atoms with E-state index >= 15 is 0 Å². The van der Waals surface area contributed by atoms with Crippen LogP contribution in [0.5, 0.6) is 0 Å². The molecule has 0 aliphatic carbocycles. The summed E-state index contributed by atoms with van der Waals surface area (Å²) >= 11 is 0. The zero-order valence-electron chi connectivity index (χ0n) is 7.29. The second-order valence-corrected chi connectivity index (χ2v) is 3.56. The summed E-state index contributed by atoms with van der Waals surface area (Å²) in [5.41, 5.74) is 0. The van der Waals surface area contributed by atoms with Gasteiger partial charge in [0.05, 0.1) is 25.2 Å². The molecule has 2 heterocycles. The summed E-state index contributed by atoms with van der Waals surface area (Å²) in [6.07, 6.45) is 2.44. The molecule has 2 aliphatic heterocycles. The summed E-state index contributed by atoms with van der Waals surface area (Å²) in [7, 11) is 0. The molecule has 2 saturated heterocycles. The quantitative estimate of drug-likeness (QED) is 0.579. The molecule has 0 N–H and O–H groups in total. The fourth-order valence-electron chi connectivity index (χ4n) is 2.07. The molecule has 0 aromatic rings. The maximum absolute atomic E-state index is 11.1. The van der Waals surface area contributed by atoms with Crippen molar-refractivity contribution < 1.29 is 14.3 Å². The van der Waals surface area contributed by atoms with Crippen molar-refractivity contribution in [2.24, 2.45) is 11.8 Å². The average Bonchev–Trinajstić information content (AvgIpc) is 2.58. The van der Waals surface area contributed by atoms with Crippen molar-refractivity contribution >= 4 is 5.97 Å². The third-order valence-electron chi connectivity index (χ3n) is 2.78. The van der Waals surface area contributed by atoms with E-state index in [1.807, 2.05) is 0 Å². The molecule has 3 atom stereocenters. The van der Waals surface area contributed by atoms with Crippen molar-refractivity contribution in [1.82, 2.24) is 0 Å². The van der Waals surface area contributed by atoms with Crippen LogP contribution in [0.15, 0.2) is 0 Å². The summed E-state index contributed by atoms with van der Waals surface area (Å²) in [5, 5.41) is 0. The minimum Gasteiger partial charge on any atom is -0.465 e. The van der Waals surface area contributed by atoms with Crippen LogP contribution < -0.4 is 0 Å². The Hall–Kier alpha value is -0.570. The highest BCUT2D eigenvalue weighted by Gasteiger charge is 2.46. The van der Waals surface area contributed by atoms with Gasteiger partial charge in [-0.05, 0) is 6.42 Å². The van der Waals surface area contributed by atoms with Crippen LogP contribution in [-0.4, -0.2) is 25.3 Å². The Morgan fingerprint density at radius 2 is 2.33 bits per heavy atom. The monoisotopic (exact) mass is 170 g/mol. The topological polar surface area (TPSA) is 35.5 Å². The van der Waals surface area contributed by atoms with E-state index in [-0.39, 0.29) is 18.0 Å². The Bertz CT molecular complexity index is 190. The Kier molecular flexibility index (Phi) is 2.05. The summed E-state index contributed by atoms with van der Waals surface area (Å²) in [5.74, 6) is 0.331. The molecule has 2 aliphatic rings. The average molecular weight is 170 g/mol. The molecule has 0 spiro atoms. The van der Waals surface area contributed by atoms with Crippen molar-refractivity contribution in [2.45, 2.75) is 25.9 Å². The van der Waals surface area contributed by atoms with E-state index in [9.17, 15) is 4.79 Å².